The number of amides is 6. The molecule has 2 aliphatic rings. The number of H-pyrrole nitrogens is 4. The van der Waals surface area contributed by atoms with Gasteiger partial charge in [0.15, 0.2) is 11.6 Å². The van der Waals surface area contributed by atoms with Crippen LogP contribution in [0.3, 0.4) is 0 Å². The van der Waals surface area contributed by atoms with Crippen LogP contribution >= 0.6 is 0 Å². The van der Waals surface area contributed by atoms with E-state index in [-0.39, 0.29) is 43.7 Å². The molecule has 41 heteroatoms. The molecule has 2 fully saturated rings. The van der Waals surface area contributed by atoms with Crippen LogP contribution in [0.1, 0.15) is 40.3 Å². The molecule has 41 nitrogen and oxygen atoms in total. The Kier molecular flexibility index (Phi) is 28.0. The first-order chi connectivity index (χ1) is 62.9. The Hall–Kier alpha value is -16.5. The molecule has 4 aromatic carbocycles. The third-order valence-electron chi connectivity index (χ3n) is 20.3. The lowest BCUT2D eigenvalue weighted by atomic mass is 10.0. The average molecular weight is 1740 g/mol. The molecule has 2 saturated heterocycles. The maximum absolute atomic E-state index is 11.9. The zero-order valence-electron chi connectivity index (χ0n) is 71.7. The molecule has 0 spiro atoms. The van der Waals surface area contributed by atoms with Crippen molar-refractivity contribution in [3.8, 4) is 90.4 Å². The highest BCUT2D eigenvalue weighted by molar-refractivity contribution is 6.01. The Labute approximate surface area is 737 Å². The number of nitrogens with zero attached hydrogens (tertiary/aromatic N) is 22. The highest BCUT2D eigenvalue weighted by atomic mass is 16.6. The third-order valence-corrected chi connectivity index (χ3v) is 20.3. The summed E-state index contributed by atoms with van der Waals surface area (Å²) in [5.41, 5.74) is 17.3. The zero-order valence-corrected chi connectivity index (χ0v) is 71.7. The van der Waals surface area contributed by atoms with E-state index in [1.165, 1.54) is 14.0 Å². The van der Waals surface area contributed by atoms with Gasteiger partial charge in [-0.25, -0.2) is 93.9 Å². The largest absolute Gasteiger partial charge is 0.467 e. The number of methoxy groups -OCH3 is 1. The molecule has 12 aromatic heterocycles. The van der Waals surface area contributed by atoms with Gasteiger partial charge in [-0.15, -0.1) is 0 Å². The van der Waals surface area contributed by atoms with Crippen molar-refractivity contribution in [2.45, 2.75) is 41.0 Å². The Morgan fingerprint density at radius 1 is 0.426 bits per heavy atom. The Bertz CT molecular complexity index is 6360. The second-order valence-corrected chi connectivity index (χ2v) is 29.2. The van der Waals surface area contributed by atoms with Crippen LogP contribution in [0, 0.1) is 0 Å². The number of rotatable bonds is 22. The molecule has 2 aliphatic heterocycles. The number of ether oxygens (including phenoxy) is 4. The number of carbonyl (C=O) groups is 5. The molecule has 14 heterocycles. The van der Waals surface area contributed by atoms with Gasteiger partial charge < -0.3 is 73.7 Å². The SMILES string of the molecule is CCNC(=O)Nc1nc2c(-c3ncccn3)cc(-c3cnc(OC)nc3)cc2[nH]1.CCOC(=O)Nc1nc2c(-c3cc(N4CCN(C)CC4)ncn3)cc(-c3cccnc3)cc2[nH]1.CCOC(=O)Nc1nc2c(-c3cc(N4CCN(C)CC4)ncn3)cc(-c3cccnc3)cc2[nH]1.CCOC(=O)Nc1nc2c(-c3ncccn3)cc(-n3cnc(CCNC(C)=O)c3)cc2[nH]1. The molecular formula is C88H92N32O9. The summed E-state index contributed by atoms with van der Waals surface area (Å²) in [5.74, 6) is 3.92. The summed E-state index contributed by atoms with van der Waals surface area (Å²) >= 11 is 0. The number of carbonyl (C=O) groups excluding carboxylic acids is 5. The summed E-state index contributed by atoms with van der Waals surface area (Å²) in [6, 6.07) is 30.9. The Morgan fingerprint density at radius 2 is 0.853 bits per heavy atom. The summed E-state index contributed by atoms with van der Waals surface area (Å²) in [6.45, 7) is 18.0. The Morgan fingerprint density at radius 3 is 1.28 bits per heavy atom. The lowest BCUT2D eigenvalue weighted by Crippen LogP contribution is -2.44. The minimum atomic E-state index is -0.595. The van der Waals surface area contributed by atoms with Gasteiger partial charge in [0.2, 0.25) is 29.7 Å². The molecule has 0 radical (unpaired) electrons. The van der Waals surface area contributed by atoms with Crippen LogP contribution in [-0.2, 0) is 25.4 Å². The molecule has 10 N–H and O–H groups in total. The van der Waals surface area contributed by atoms with Gasteiger partial charge in [0.25, 0.3) is 0 Å². The quantitative estimate of drug-likeness (QED) is 0.0282. The van der Waals surface area contributed by atoms with Gasteiger partial charge in [0.1, 0.15) is 35.3 Å². The molecule has 129 heavy (non-hydrogen) atoms. The number of pyridine rings is 2. The van der Waals surface area contributed by atoms with Crippen molar-refractivity contribution in [1.82, 2.24) is 130 Å². The summed E-state index contributed by atoms with van der Waals surface area (Å²) in [7, 11) is 5.77. The number of fused-ring (bicyclic) bond motifs is 4. The monoisotopic (exact) mass is 1740 g/mol. The predicted octanol–water partition coefficient (Wildman–Crippen LogP) is 11.9. The van der Waals surface area contributed by atoms with Crippen molar-refractivity contribution in [2.75, 3.05) is 138 Å². The number of hydrogen-bond acceptors (Lipinski definition) is 30. The van der Waals surface area contributed by atoms with Crippen molar-refractivity contribution in [3.63, 3.8) is 0 Å². The molecule has 0 bridgehead atoms. The molecule has 0 atom stereocenters. The fraction of sp³-hybridized carbons (Fsp3) is 0.250. The highest BCUT2D eigenvalue weighted by Gasteiger charge is 2.25. The fourth-order valence-corrected chi connectivity index (χ4v) is 14.1. The molecule has 18 rings (SSSR count). The number of urea groups is 1. The topological polar surface area (TPSA) is 495 Å². The number of aromatic amines is 4. The van der Waals surface area contributed by atoms with Gasteiger partial charge >= 0.3 is 30.3 Å². The van der Waals surface area contributed by atoms with E-state index in [2.05, 4.69) is 170 Å². The zero-order chi connectivity index (χ0) is 89.7. The van der Waals surface area contributed by atoms with Crippen LogP contribution in [0.4, 0.5) is 54.6 Å². The number of hydrogen-bond donors (Lipinski definition) is 10. The van der Waals surface area contributed by atoms with E-state index in [0.29, 0.717) is 93.2 Å². The molecular weight excluding hydrogens is 1650 g/mol. The van der Waals surface area contributed by atoms with Crippen LogP contribution in [-0.4, -0.2) is 256 Å². The van der Waals surface area contributed by atoms with E-state index in [0.717, 1.165) is 142 Å². The molecule has 0 unspecified atom stereocenters. The molecule has 0 aliphatic carbocycles. The summed E-state index contributed by atoms with van der Waals surface area (Å²) in [5, 5.41) is 16.0. The minimum Gasteiger partial charge on any atom is -0.467 e. The van der Waals surface area contributed by atoms with Gasteiger partial charge in [0, 0.05) is 204 Å². The smallest absolute Gasteiger partial charge is 0.413 e. The van der Waals surface area contributed by atoms with E-state index in [1.807, 2.05) is 115 Å². The van der Waals surface area contributed by atoms with Crippen molar-refractivity contribution in [2.24, 2.45) is 0 Å². The fourth-order valence-electron chi connectivity index (χ4n) is 14.1. The van der Waals surface area contributed by atoms with Crippen molar-refractivity contribution in [3.05, 3.63) is 190 Å². The average Bonchev–Trinajstić information content (AvgIpc) is 1.62. The van der Waals surface area contributed by atoms with E-state index in [9.17, 15) is 24.0 Å². The number of piperazine rings is 2. The molecule has 658 valence electrons. The number of aromatic nitrogens is 22. The van der Waals surface area contributed by atoms with E-state index in [4.69, 9.17) is 18.9 Å². The van der Waals surface area contributed by atoms with Crippen molar-refractivity contribution >= 4 is 110 Å². The molecule has 0 saturated carbocycles. The second-order valence-electron chi connectivity index (χ2n) is 29.2. The standard InChI is InChI=1S/2C24H26N8O2.C21H22N8O3.C19H18N8O2/c2*1-3-34-24(33)30-23-28-20-12-17(16-5-4-6-25-14-16)11-18(22(20)29-23)19-13-21(27-15-26-19)32-9-7-31(2)8-10-32;1-3-32-21(31)28-20-26-17-10-15(29-11-14(25-12-29)5-8-22-13(2)30)9-16(18(17)27-20)19-23-6-4-7-24-19;1-3-20-18(28)27-17-25-14-8-11(12-9-23-19(29-2)24-10-12)7-13(15(14)26-17)16-21-5-4-6-22-16/h2*4-6,11-15H,3,7-10H2,1-2H3,(H2,28,29,30,33);4,6-7,9-12H,3,5,8H2,1-2H3,(H,22,30)(H2,26,27,28,31);4-10H,3H2,1-2H3,(H3,20,25,26,27,28). The summed E-state index contributed by atoms with van der Waals surface area (Å²) in [4.78, 5) is 155. The van der Waals surface area contributed by atoms with Gasteiger partial charge in [-0.05, 0) is 131 Å². The lowest BCUT2D eigenvalue weighted by molar-refractivity contribution is -0.118. The highest BCUT2D eigenvalue weighted by Crippen LogP contribution is 2.38. The Balaban J connectivity index is 0.000000132. The normalized spacial score (nSPS) is 12.7. The van der Waals surface area contributed by atoms with Crippen molar-refractivity contribution < 1.29 is 42.9 Å². The number of likely N-dealkylation sites (N-methyl/N-ethyl adjacent to an activating group) is 2. The maximum atomic E-state index is 11.9. The number of benzene rings is 4. The van der Waals surface area contributed by atoms with Crippen molar-refractivity contribution in [1.29, 1.82) is 0 Å². The van der Waals surface area contributed by atoms with Crippen LogP contribution in [0.15, 0.2) is 184 Å². The minimum absolute atomic E-state index is 0.0751. The molecule has 16 aromatic rings. The van der Waals surface area contributed by atoms with E-state index < -0.39 is 18.3 Å². The van der Waals surface area contributed by atoms with Gasteiger partial charge in [-0.1, -0.05) is 12.1 Å². The first-order valence-electron chi connectivity index (χ1n) is 41.4. The first-order valence-corrected chi connectivity index (χ1v) is 41.4. The van der Waals surface area contributed by atoms with E-state index in [1.54, 1.807) is 101 Å². The predicted molar refractivity (Wildman–Crippen MR) is 486 cm³/mol. The van der Waals surface area contributed by atoms with Gasteiger partial charge in [-0.3, -0.25) is 36.0 Å². The number of nitrogens with one attached hydrogen (secondary N) is 10. The number of anilines is 6. The van der Waals surface area contributed by atoms with Gasteiger partial charge in [0.05, 0.1) is 83.4 Å². The summed E-state index contributed by atoms with van der Waals surface area (Å²) in [6.07, 6.45) is 22.8. The van der Waals surface area contributed by atoms with Crippen LogP contribution in [0.2, 0.25) is 0 Å². The van der Waals surface area contributed by atoms with Gasteiger partial charge in [-0.2, -0.15) is 0 Å². The molecule has 6 amide bonds. The lowest BCUT2D eigenvalue weighted by Gasteiger charge is -2.33. The van der Waals surface area contributed by atoms with Crippen LogP contribution in [0.5, 0.6) is 6.01 Å². The first kappa shape index (κ1) is 87.4. The van der Waals surface area contributed by atoms with E-state index >= 15 is 0 Å². The maximum Gasteiger partial charge on any atom is 0.413 e. The summed E-state index contributed by atoms with van der Waals surface area (Å²) < 4.78 is 21.8. The van der Waals surface area contributed by atoms with Crippen LogP contribution < -0.4 is 46.4 Å². The van der Waals surface area contributed by atoms with Crippen LogP contribution in [0.25, 0.3) is 128 Å². The third kappa shape index (κ3) is 22.0. The second kappa shape index (κ2) is 41.4. The number of imidazole rings is 5.